The second-order valence-electron chi connectivity index (χ2n) is 2.94. The van der Waals surface area contributed by atoms with Crippen LogP contribution in [-0.4, -0.2) is 12.8 Å². The maximum absolute atomic E-state index is 4.31. The molecule has 0 spiro atoms. The molecule has 0 aliphatic rings. The van der Waals surface area contributed by atoms with E-state index in [1.165, 1.54) is 38.5 Å². The Morgan fingerprint density at radius 3 is 2.36 bits per heavy atom. The molecule has 1 nitrogen and oxygen atoms in total. The van der Waals surface area contributed by atoms with E-state index in [1.807, 2.05) is 0 Å². The van der Waals surface area contributed by atoms with Crippen LogP contribution in [-0.2, 0) is 0 Å². The largest absolute Gasteiger partial charge is 0.298 e. The molecule has 1 heteroatoms. The predicted molar refractivity (Wildman–Crippen MR) is 52.4 cm³/mol. The van der Waals surface area contributed by atoms with Gasteiger partial charge in [-0.2, -0.15) is 0 Å². The van der Waals surface area contributed by atoms with Crippen LogP contribution in [0.1, 0.15) is 52.4 Å². The molecule has 0 radical (unpaired) electrons. The predicted octanol–water partition coefficient (Wildman–Crippen LogP) is 3.44. The molecule has 0 unspecified atom stereocenters. The third-order valence-electron chi connectivity index (χ3n) is 1.71. The molecule has 0 aromatic carbocycles. The van der Waals surface area contributed by atoms with Gasteiger partial charge in [0, 0.05) is 6.54 Å². The molecular formula is C10H21N. The van der Waals surface area contributed by atoms with Crippen LogP contribution in [0.15, 0.2) is 4.99 Å². The highest BCUT2D eigenvalue weighted by Gasteiger charge is 1.82. The normalized spacial score (nSPS) is 11.1. The number of aliphatic imine (C=N–C) groups is 1. The van der Waals surface area contributed by atoms with Crippen molar-refractivity contribution < 1.29 is 0 Å². The molecule has 0 atom stereocenters. The standard InChI is InChI=1S/C10H21N/c1-3-5-7-8-10-11-9-6-4-2/h10H,3-9H2,1-2H3. The number of hydrogen-bond donors (Lipinski definition) is 0. The Morgan fingerprint density at radius 1 is 1.00 bits per heavy atom. The van der Waals surface area contributed by atoms with Crippen molar-refractivity contribution in [2.24, 2.45) is 4.99 Å². The zero-order chi connectivity index (χ0) is 8.36. The topological polar surface area (TPSA) is 12.4 Å². The molecule has 0 saturated heterocycles. The number of unbranched alkanes of at least 4 members (excludes halogenated alkanes) is 4. The minimum atomic E-state index is 1.03. The van der Waals surface area contributed by atoms with E-state index in [0.717, 1.165) is 6.54 Å². The van der Waals surface area contributed by atoms with Gasteiger partial charge in [0.2, 0.25) is 0 Å². The summed E-state index contributed by atoms with van der Waals surface area (Å²) in [6.45, 7) is 5.46. The van der Waals surface area contributed by atoms with Gasteiger partial charge >= 0.3 is 0 Å². The smallest absolute Gasteiger partial charge is 0.0385 e. The van der Waals surface area contributed by atoms with Crippen molar-refractivity contribution in [2.45, 2.75) is 52.4 Å². The van der Waals surface area contributed by atoms with Gasteiger partial charge in [-0.15, -0.1) is 0 Å². The minimum absolute atomic E-state index is 1.03. The first-order valence-corrected chi connectivity index (χ1v) is 4.90. The Balaban J connectivity index is 2.91. The van der Waals surface area contributed by atoms with E-state index in [2.05, 4.69) is 25.1 Å². The highest BCUT2D eigenvalue weighted by atomic mass is 14.7. The van der Waals surface area contributed by atoms with Crippen LogP contribution in [0, 0.1) is 0 Å². The molecule has 0 saturated carbocycles. The van der Waals surface area contributed by atoms with Gasteiger partial charge in [-0.1, -0.05) is 33.1 Å². The molecule has 0 amide bonds. The maximum atomic E-state index is 4.31. The lowest BCUT2D eigenvalue weighted by molar-refractivity contribution is 0.742. The molecular weight excluding hydrogens is 134 g/mol. The van der Waals surface area contributed by atoms with Gasteiger partial charge in [-0.3, -0.25) is 4.99 Å². The average Bonchev–Trinajstić information content (AvgIpc) is 2.03. The molecule has 66 valence electrons. The number of hydrogen-bond acceptors (Lipinski definition) is 1. The fourth-order valence-electron chi connectivity index (χ4n) is 0.918. The molecule has 11 heavy (non-hydrogen) atoms. The molecule has 0 bridgehead atoms. The van der Waals surface area contributed by atoms with Gasteiger partial charge in [0.25, 0.3) is 0 Å². The summed E-state index contributed by atoms with van der Waals surface area (Å²) >= 11 is 0. The Bertz CT molecular complexity index is 86.9. The Kier molecular flexibility index (Phi) is 9.38. The lowest BCUT2D eigenvalue weighted by Crippen LogP contribution is -1.82. The molecule has 0 rings (SSSR count). The van der Waals surface area contributed by atoms with E-state index in [-0.39, 0.29) is 0 Å². The Morgan fingerprint density at radius 2 is 1.73 bits per heavy atom. The van der Waals surface area contributed by atoms with Crippen LogP contribution in [0.2, 0.25) is 0 Å². The highest BCUT2D eigenvalue weighted by Crippen LogP contribution is 1.96. The Labute approximate surface area is 70.9 Å². The fourth-order valence-corrected chi connectivity index (χ4v) is 0.918. The second kappa shape index (κ2) is 9.67. The summed E-state index contributed by atoms with van der Waals surface area (Å²) < 4.78 is 0. The molecule has 0 N–H and O–H groups in total. The van der Waals surface area contributed by atoms with Crippen LogP contribution in [0.4, 0.5) is 0 Å². The van der Waals surface area contributed by atoms with Crippen molar-refractivity contribution in [3.63, 3.8) is 0 Å². The summed E-state index contributed by atoms with van der Waals surface area (Å²) in [4.78, 5) is 4.31. The Hall–Kier alpha value is -0.330. The van der Waals surface area contributed by atoms with E-state index < -0.39 is 0 Å². The quantitative estimate of drug-likeness (QED) is 0.394. The van der Waals surface area contributed by atoms with Crippen LogP contribution >= 0.6 is 0 Å². The number of rotatable bonds is 7. The minimum Gasteiger partial charge on any atom is -0.298 e. The molecule has 0 aromatic rings. The van der Waals surface area contributed by atoms with Crippen LogP contribution in [0.25, 0.3) is 0 Å². The first-order valence-electron chi connectivity index (χ1n) is 4.90. The fraction of sp³-hybridized carbons (Fsp3) is 0.900. The highest BCUT2D eigenvalue weighted by molar-refractivity contribution is 5.56. The van der Waals surface area contributed by atoms with Crippen LogP contribution < -0.4 is 0 Å². The molecule has 0 fully saturated rings. The van der Waals surface area contributed by atoms with Crippen molar-refractivity contribution in [1.29, 1.82) is 0 Å². The average molecular weight is 155 g/mol. The maximum Gasteiger partial charge on any atom is 0.0385 e. The monoisotopic (exact) mass is 155 g/mol. The summed E-state index contributed by atoms with van der Waals surface area (Å²) in [7, 11) is 0. The molecule has 0 aromatic heterocycles. The first-order chi connectivity index (χ1) is 5.41. The van der Waals surface area contributed by atoms with Gasteiger partial charge in [-0.05, 0) is 25.5 Å². The van der Waals surface area contributed by atoms with Crippen LogP contribution in [0.3, 0.4) is 0 Å². The third kappa shape index (κ3) is 9.67. The van der Waals surface area contributed by atoms with E-state index >= 15 is 0 Å². The van der Waals surface area contributed by atoms with E-state index in [1.54, 1.807) is 0 Å². The second-order valence-corrected chi connectivity index (χ2v) is 2.94. The SMILES string of the molecule is CCCCCC=NCCCC. The summed E-state index contributed by atoms with van der Waals surface area (Å²) in [5, 5.41) is 0. The lowest BCUT2D eigenvalue weighted by Gasteiger charge is -1.91. The van der Waals surface area contributed by atoms with Gasteiger partial charge in [0.1, 0.15) is 0 Å². The van der Waals surface area contributed by atoms with Gasteiger partial charge < -0.3 is 0 Å². The molecule has 0 aliphatic carbocycles. The van der Waals surface area contributed by atoms with E-state index in [0.29, 0.717) is 0 Å². The van der Waals surface area contributed by atoms with E-state index in [4.69, 9.17) is 0 Å². The summed E-state index contributed by atoms with van der Waals surface area (Å²) in [6, 6.07) is 0. The zero-order valence-corrected chi connectivity index (χ0v) is 7.97. The lowest BCUT2D eigenvalue weighted by atomic mass is 10.2. The number of nitrogens with zero attached hydrogens (tertiary/aromatic N) is 1. The van der Waals surface area contributed by atoms with Crippen molar-refractivity contribution >= 4 is 6.21 Å². The summed E-state index contributed by atoms with van der Waals surface area (Å²) in [5.41, 5.74) is 0. The van der Waals surface area contributed by atoms with Crippen LogP contribution in [0.5, 0.6) is 0 Å². The van der Waals surface area contributed by atoms with Gasteiger partial charge in [-0.25, -0.2) is 0 Å². The third-order valence-corrected chi connectivity index (χ3v) is 1.71. The first kappa shape index (κ1) is 10.7. The van der Waals surface area contributed by atoms with Crippen molar-refractivity contribution in [3.8, 4) is 0 Å². The van der Waals surface area contributed by atoms with Gasteiger partial charge in [0.05, 0.1) is 0 Å². The summed E-state index contributed by atoms with van der Waals surface area (Å²) in [6.07, 6.45) is 9.73. The van der Waals surface area contributed by atoms with E-state index in [9.17, 15) is 0 Å². The summed E-state index contributed by atoms with van der Waals surface area (Å²) in [5.74, 6) is 0. The zero-order valence-electron chi connectivity index (χ0n) is 7.97. The van der Waals surface area contributed by atoms with Crippen molar-refractivity contribution in [3.05, 3.63) is 0 Å². The van der Waals surface area contributed by atoms with Gasteiger partial charge in [0.15, 0.2) is 0 Å². The molecule has 0 aliphatic heterocycles. The van der Waals surface area contributed by atoms with Crippen molar-refractivity contribution in [1.82, 2.24) is 0 Å². The van der Waals surface area contributed by atoms with Crippen molar-refractivity contribution in [2.75, 3.05) is 6.54 Å². The molecule has 0 heterocycles.